The molecule has 0 aliphatic rings. The summed E-state index contributed by atoms with van der Waals surface area (Å²) in [6.07, 6.45) is 0. The highest BCUT2D eigenvalue weighted by atomic mass is 79.9. The van der Waals surface area contributed by atoms with E-state index in [1.54, 1.807) is 30.3 Å². The van der Waals surface area contributed by atoms with Gasteiger partial charge in [0, 0.05) is 8.95 Å². The van der Waals surface area contributed by atoms with E-state index in [4.69, 9.17) is 21.6 Å². The van der Waals surface area contributed by atoms with Crippen LogP contribution in [0.1, 0.15) is 5.56 Å². The van der Waals surface area contributed by atoms with Crippen molar-refractivity contribution in [2.24, 2.45) is 0 Å². The van der Waals surface area contributed by atoms with Crippen LogP contribution < -0.4 is 4.74 Å². The summed E-state index contributed by atoms with van der Waals surface area (Å²) in [6.45, 7) is 0. The number of hydrogen-bond donors (Lipinski definition) is 0. The second-order valence-electron chi connectivity index (χ2n) is 3.43. The Morgan fingerprint density at radius 1 is 1.11 bits per heavy atom. The molecule has 0 unspecified atom stereocenters. The van der Waals surface area contributed by atoms with Crippen LogP contribution in [0.4, 0.5) is 0 Å². The number of hydrogen-bond acceptors (Lipinski definition) is 2. The maximum absolute atomic E-state index is 8.83. The molecule has 0 fully saturated rings. The van der Waals surface area contributed by atoms with E-state index in [0.717, 1.165) is 4.47 Å². The van der Waals surface area contributed by atoms with Crippen molar-refractivity contribution in [1.29, 1.82) is 5.26 Å². The van der Waals surface area contributed by atoms with E-state index < -0.39 is 0 Å². The van der Waals surface area contributed by atoms with Gasteiger partial charge in [0.25, 0.3) is 0 Å². The minimum atomic E-state index is 0.527. The Labute approximate surface area is 126 Å². The molecule has 0 N–H and O–H groups in total. The molecular formula is C13H6Br2ClNO. The fourth-order valence-electron chi connectivity index (χ4n) is 1.33. The molecule has 2 rings (SSSR count). The van der Waals surface area contributed by atoms with E-state index in [-0.39, 0.29) is 0 Å². The molecule has 0 spiro atoms. The van der Waals surface area contributed by atoms with Crippen molar-refractivity contribution in [2.45, 2.75) is 0 Å². The lowest BCUT2D eigenvalue weighted by molar-refractivity contribution is 0.482. The van der Waals surface area contributed by atoms with E-state index in [0.29, 0.717) is 26.6 Å². The van der Waals surface area contributed by atoms with Crippen LogP contribution in [0.3, 0.4) is 0 Å². The van der Waals surface area contributed by atoms with Gasteiger partial charge in [-0.15, -0.1) is 0 Å². The van der Waals surface area contributed by atoms with Crippen molar-refractivity contribution >= 4 is 43.5 Å². The SMILES string of the molecule is N#Cc1ccc(Oc2cc(Br)ccc2Cl)cc1Br. The molecule has 2 aromatic carbocycles. The zero-order valence-corrected chi connectivity index (χ0v) is 12.9. The number of nitrogens with zero attached hydrogens (tertiary/aromatic N) is 1. The molecule has 2 aromatic rings. The topological polar surface area (TPSA) is 33.0 Å². The number of rotatable bonds is 2. The summed E-state index contributed by atoms with van der Waals surface area (Å²) < 4.78 is 7.24. The monoisotopic (exact) mass is 385 g/mol. The van der Waals surface area contributed by atoms with E-state index in [1.165, 1.54) is 0 Å². The third-order valence-corrected chi connectivity index (χ3v) is 3.64. The first-order valence-electron chi connectivity index (χ1n) is 4.92. The van der Waals surface area contributed by atoms with Crippen LogP contribution in [-0.4, -0.2) is 0 Å². The Hall–Kier alpha value is -1.02. The van der Waals surface area contributed by atoms with Crippen molar-refractivity contribution in [3.8, 4) is 17.6 Å². The molecule has 0 aromatic heterocycles. The second-order valence-corrected chi connectivity index (χ2v) is 5.61. The van der Waals surface area contributed by atoms with Crippen LogP contribution in [0.2, 0.25) is 5.02 Å². The highest BCUT2D eigenvalue weighted by Gasteiger charge is 2.06. The lowest BCUT2D eigenvalue weighted by atomic mass is 10.2. The second kappa shape index (κ2) is 5.75. The fraction of sp³-hybridized carbons (Fsp3) is 0. The predicted molar refractivity (Wildman–Crippen MR) is 78.1 cm³/mol. The summed E-state index contributed by atoms with van der Waals surface area (Å²) in [4.78, 5) is 0. The van der Waals surface area contributed by atoms with Gasteiger partial charge in [-0.1, -0.05) is 27.5 Å². The minimum Gasteiger partial charge on any atom is -0.456 e. The van der Waals surface area contributed by atoms with Crippen molar-refractivity contribution < 1.29 is 4.74 Å². The molecule has 90 valence electrons. The summed E-state index contributed by atoms with van der Waals surface area (Å²) in [6, 6.07) is 12.6. The number of ether oxygens (including phenoxy) is 1. The molecule has 5 heteroatoms. The van der Waals surface area contributed by atoms with E-state index >= 15 is 0 Å². The minimum absolute atomic E-state index is 0.527. The first-order valence-corrected chi connectivity index (χ1v) is 6.89. The lowest BCUT2D eigenvalue weighted by Crippen LogP contribution is -1.87. The van der Waals surface area contributed by atoms with Crippen LogP contribution in [-0.2, 0) is 0 Å². The van der Waals surface area contributed by atoms with Gasteiger partial charge in [-0.2, -0.15) is 5.26 Å². The van der Waals surface area contributed by atoms with Crippen molar-refractivity contribution in [1.82, 2.24) is 0 Å². The maximum atomic E-state index is 8.83. The third-order valence-electron chi connectivity index (χ3n) is 2.18. The van der Waals surface area contributed by atoms with Gasteiger partial charge in [-0.25, -0.2) is 0 Å². The molecule has 18 heavy (non-hydrogen) atoms. The van der Waals surface area contributed by atoms with Gasteiger partial charge in [0.1, 0.15) is 17.6 Å². The van der Waals surface area contributed by atoms with Gasteiger partial charge in [0.2, 0.25) is 0 Å². The third kappa shape index (κ3) is 3.05. The van der Waals surface area contributed by atoms with Gasteiger partial charge in [-0.05, 0) is 52.3 Å². The quantitative estimate of drug-likeness (QED) is 0.679. The van der Waals surface area contributed by atoms with Crippen LogP contribution in [0.25, 0.3) is 0 Å². The molecule has 0 atom stereocenters. The van der Waals surface area contributed by atoms with Crippen molar-refractivity contribution in [2.75, 3.05) is 0 Å². The highest BCUT2D eigenvalue weighted by Crippen LogP contribution is 2.33. The smallest absolute Gasteiger partial charge is 0.147 e. The molecule has 0 saturated heterocycles. The zero-order chi connectivity index (χ0) is 13.1. The Morgan fingerprint density at radius 2 is 1.89 bits per heavy atom. The van der Waals surface area contributed by atoms with Crippen LogP contribution in [0, 0.1) is 11.3 Å². The molecule has 0 saturated carbocycles. The Kier molecular flexibility index (Phi) is 4.28. The molecule has 0 heterocycles. The van der Waals surface area contributed by atoms with Gasteiger partial charge >= 0.3 is 0 Å². The Balaban J connectivity index is 2.32. The highest BCUT2D eigenvalue weighted by molar-refractivity contribution is 9.10. The van der Waals surface area contributed by atoms with E-state index in [2.05, 4.69) is 37.9 Å². The molecule has 0 amide bonds. The van der Waals surface area contributed by atoms with Crippen molar-refractivity contribution in [3.05, 3.63) is 55.9 Å². The predicted octanol–water partition coefficient (Wildman–Crippen LogP) is 5.53. The normalized spacial score (nSPS) is 9.89. The average Bonchev–Trinajstić information content (AvgIpc) is 2.34. The number of nitriles is 1. The van der Waals surface area contributed by atoms with Gasteiger partial charge in [0.05, 0.1) is 10.6 Å². The number of halogens is 3. The summed E-state index contributed by atoms with van der Waals surface area (Å²) in [5, 5.41) is 9.36. The standard InChI is InChI=1S/C13H6Br2ClNO/c14-9-2-4-12(16)13(5-9)18-10-3-1-8(7-17)11(15)6-10/h1-6H. The van der Waals surface area contributed by atoms with Crippen LogP contribution >= 0.6 is 43.5 Å². The van der Waals surface area contributed by atoms with Gasteiger partial charge in [0.15, 0.2) is 0 Å². The van der Waals surface area contributed by atoms with Crippen molar-refractivity contribution in [3.63, 3.8) is 0 Å². The number of benzene rings is 2. The van der Waals surface area contributed by atoms with E-state index in [9.17, 15) is 0 Å². The largest absolute Gasteiger partial charge is 0.456 e. The zero-order valence-electron chi connectivity index (χ0n) is 8.95. The molecular weight excluding hydrogens is 381 g/mol. The summed E-state index contributed by atoms with van der Waals surface area (Å²) >= 11 is 12.7. The fourth-order valence-corrected chi connectivity index (χ4v) is 2.28. The van der Waals surface area contributed by atoms with E-state index in [1.807, 2.05) is 6.07 Å². The summed E-state index contributed by atoms with van der Waals surface area (Å²) in [5.41, 5.74) is 0.558. The molecule has 0 bridgehead atoms. The van der Waals surface area contributed by atoms with Crippen LogP contribution in [0.15, 0.2) is 45.3 Å². The Morgan fingerprint density at radius 3 is 2.56 bits per heavy atom. The summed E-state index contributed by atoms with van der Waals surface area (Å²) in [5.74, 6) is 1.17. The average molecular weight is 387 g/mol. The molecule has 2 nitrogen and oxygen atoms in total. The lowest BCUT2D eigenvalue weighted by Gasteiger charge is -2.08. The first-order chi connectivity index (χ1) is 8.60. The van der Waals surface area contributed by atoms with Crippen LogP contribution in [0.5, 0.6) is 11.5 Å². The Bertz CT molecular complexity index is 637. The maximum Gasteiger partial charge on any atom is 0.147 e. The molecule has 0 aliphatic carbocycles. The molecule has 0 aliphatic heterocycles. The summed E-state index contributed by atoms with van der Waals surface area (Å²) in [7, 11) is 0. The first kappa shape index (κ1) is 13.4. The van der Waals surface area contributed by atoms with Gasteiger partial charge < -0.3 is 4.74 Å². The molecule has 0 radical (unpaired) electrons. The van der Waals surface area contributed by atoms with Gasteiger partial charge in [-0.3, -0.25) is 0 Å².